The Balaban J connectivity index is 1.31. The first kappa shape index (κ1) is 19.4. The summed E-state index contributed by atoms with van der Waals surface area (Å²) in [4.78, 5) is 32.6. The number of fused-ring (bicyclic) bond motifs is 1. The van der Waals surface area contributed by atoms with Gasteiger partial charge in [-0.1, -0.05) is 35.6 Å². The van der Waals surface area contributed by atoms with E-state index in [9.17, 15) is 9.59 Å². The molecule has 2 aromatic carbocycles. The van der Waals surface area contributed by atoms with Gasteiger partial charge in [0.2, 0.25) is 11.8 Å². The van der Waals surface area contributed by atoms with E-state index in [0.29, 0.717) is 18.0 Å². The van der Waals surface area contributed by atoms with Crippen LogP contribution in [0, 0.1) is 0 Å². The van der Waals surface area contributed by atoms with E-state index in [1.54, 1.807) is 0 Å². The molecule has 0 saturated carbocycles. The molecule has 2 heterocycles. The third kappa shape index (κ3) is 4.74. The normalized spacial score (nSPS) is 14.2. The SMILES string of the molecule is CC(=O)Nc1nc2ccc(CCC(=O)N3CCN(c4ccccc4)CC3)cc2s1. The number of thiazole rings is 1. The molecule has 0 aliphatic carbocycles. The van der Waals surface area contributed by atoms with E-state index in [4.69, 9.17) is 0 Å². The number of hydrogen-bond acceptors (Lipinski definition) is 5. The first-order valence-electron chi connectivity index (χ1n) is 9.83. The molecule has 0 atom stereocenters. The van der Waals surface area contributed by atoms with E-state index < -0.39 is 0 Å². The zero-order valence-electron chi connectivity index (χ0n) is 16.4. The quantitative estimate of drug-likeness (QED) is 0.701. The molecule has 6 nitrogen and oxygen atoms in total. The number of hydrogen-bond donors (Lipinski definition) is 1. The minimum absolute atomic E-state index is 0.123. The Hall–Kier alpha value is -2.93. The summed E-state index contributed by atoms with van der Waals surface area (Å²) in [7, 11) is 0. The number of para-hydroxylation sites is 1. The van der Waals surface area contributed by atoms with Gasteiger partial charge in [-0.15, -0.1) is 0 Å². The second-order valence-corrected chi connectivity index (χ2v) is 8.24. The molecule has 0 spiro atoms. The van der Waals surface area contributed by atoms with Crippen LogP contribution in [-0.2, 0) is 16.0 Å². The van der Waals surface area contributed by atoms with Gasteiger partial charge < -0.3 is 15.1 Å². The van der Waals surface area contributed by atoms with Gasteiger partial charge in [-0.2, -0.15) is 0 Å². The summed E-state index contributed by atoms with van der Waals surface area (Å²) in [6.07, 6.45) is 1.22. The van der Waals surface area contributed by atoms with Crippen LogP contribution >= 0.6 is 11.3 Å². The number of amides is 2. The Morgan fingerprint density at radius 3 is 2.55 bits per heavy atom. The van der Waals surface area contributed by atoms with Crippen molar-refractivity contribution in [2.24, 2.45) is 0 Å². The molecule has 3 aromatic rings. The highest BCUT2D eigenvalue weighted by molar-refractivity contribution is 7.22. The molecule has 1 fully saturated rings. The van der Waals surface area contributed by atoms with Crippen molar-refractivity contribution in [1.82, 2.24) is 9.88 Å². The molecule has 2 amide bonds. The van der Waals surface area contributed by atoms with Gasteiger partial charge in [0.15, 0.2) is 5.13 Å². The maximum atomic E-state index is 12.7. The van der Waals surface area contributed by atoms with E-state index in [1.807, 2.05) is 35.2 Å². The first-order chi connectivity index (χ1) is 14.1. The number of aryl methyl sites for hydroxylation is 1. The Bertz CT molecular complexity index is 1010. The zero-order valence-corrected chi connectivity index (χ0v) is 17.2. The van der Waals surface area contributed by atoms with Crippen molar-refractivity contribution in [2.45, 2.75) is 19.8 Å². The van der Waals surface area contributed by atoms with E-state index in [2.05, 4.69) is 33.4 Å². The summed E-state index contributed by atoms with van der Waals surface area (Å²) in [5.74, 6) is 0.0864. The second-order valence-electron chi connectivity index (χ2n) is 7.21. The number of rotatable bonds is 5. The lowest BCUT2D eigenvalue weighted by atomic mass is 10.1. The summed E-state index contributed by atoms with van der Waals surface area (Å²) in [5.41, 5.74) is 3.20. The molecule has 150 valence electrons. The van der Waals surface area contributed by atoms with Gasteiger partial charge in [0.1, 0.15) is 0 Å². The maximum absolute atomic E-state index is 12.7. The van der Waals surface area contributed by atoms with Gasteiger partial charge in [-0.05, 0) is 36.2 Å². The van der Waals surface area contributed by atoms with Gasteiger partial charge in [-0.25, -0.2) is 4.98 Å². The van der Waals surface area contributed by atoms with Crippen LogP contribution in [0.3, 0.4) is 0 Å². The van der Waals surface area contributed by atoms with Crippen molar-refractivity contribution in [3.05, 3.63) is 54.1 Å². The zero-order chi connectivity index (χ0) is 20.2. The molecule has 0 bridgehead atoms. The van der Waals surface area contributed by atoms with Crippen LogP contribution in [-0.4, -0.2) is 47.9 Å². The number of carbonyl (C=O) groups excluding carboxylic acids is 2. The van der Waals surface area contributed by atoms with Crippen LogP contribution < -0.4 is 10.2 Å². The largest absolute Gasteiger partial charge is 0.368 e. The lowest BCUT2D eigenvalue weighted by molar-refractivity contribution is -0.131. The number of aromatic nitrogens is 1. The third-order valence-corrected chi connectivity index (χ3v) is 6.05. The van der Waals surface area contributed by atoms with Gasteiger partial charge in [0, 0.05) is 45.2 Å². The van der Waals surface area contributed by atoms with Gasteiger partial charge >= 0.3 is 0 Å². The monoisotopic (exact) mass is 408 g/mol. The van der Waals surface area contributed by atoms with Crippen LogP contribution in [0.2, 0.25) is 0 Å². The van der Waals surface area contributed by atoms with Crippen molar-refractivity contribution in [3.63, 3.8) is 0 Å². The fraction of sp³-hybridized carbons (Fsp3) is 0.318. The van der Waals surface area contributed by atoms with E-state index >= 15 is 0 Å². The highest BCUT2D eigenvalue weighted by Gasteiger charge is 2.21. The van der Waals surface area contributed by atoms with E-state index in [-0.39, 0.29) is 11.8 Å². The van der Waals surface area contributed by atoms with Gasteiger partial charge in [0.25, 0.3) is 0 Å². The number of nitrogens with zero attached hydrogens (tertiary/aromatic N) is 3. The molecule has 0 unspecified atom stereocenters. The molecule has 1 aliphatic heterocycles. The third-order valence-electron chi connectivity index (χ3n) is 5.12. The highest BCUT2D eigenvalue weighted by Crippen LogP contribution is 2.27. The van der Waals surface area contributed by atoms with E-state index in [0.717, 1.165) is 42.0 Å². The Kier molecular flexibility index (Phi) is 5.76. The van der Waals surface area contributed by atoms with Gasteiger partial charge in [-0.3, -0.25) is 9.59 Å². The molecule has 4 rings (SSSR count). The summed E-state index contributed by atoms with van der Waals surface area (Å²) >= 11 is 1.46. The highest BCUT2D eigenvalue weighted by atomic mass is 32.1. The lowest BCUT2D eigenvalue weighted by Gasteiger charge is -2.36. The van der Waals surface area contributed by atoms with Crippen LogP contribution in [0.5, 0.6) is 0 Å². The number of carbonyl (C=O) groups is 2. The average molecular weight is 409 g/mol. The average Bonchev–Trinajstić information content (AvgIpc) is 3.13. The molecule has 1 aliphatic rings. The van der Waals surface area contributed by atoms with Crippen molar-refractivity contribution in [2.75, 3.05) is 36.4 Å². The minimum Gasteiger partial charge on any atom is -0.368 e. The van der Waals surface area contributed by atoms with Crippen molar-refractivity contribution >= 4 is 44.2 Å². The number of nitrogens with one attached hydrogen (secondary N) is 1. The topological polar surface area (TPSA) is 65.5 Å². The fourth-order valence-electron chi connectivity index (χ4n) is 3.59. The first-order valence-corrected chi connectivity index (χ1v) is 10.6. The Morgan fingerprint density at radius 1 is 1.07 bits per heavy atom. The standard InChI is InChI=1S/C22H24N4O2S/c1-16(27)23-22-24-19-9-7-17(15-20(19)29-22)8-10-21(28)26-13-11-25(12-14-26)18-5-3-2-4-6-18/h2-7,9,15H,8,10-14H2,1H3,(H,23,24,27). The van der Waals surface area contributed by atoms with Crippen molar-refractivity contribution in [1.29, 1.82) is 0 Å². The molecule has 29 heavy (non-hydrogen) atoms. The molecular weight excluding hydrogens is 384 g/mol. The predicted octanol–water partition coefficient (Wildman–Crippen LogP) is 3.54. The smallest absolute Gasteiger partial charge is 0.223 e. The Morgan fingerprint density at radius 2 is 1.83 bits per heavy atom. The van der Waals surface area contributed by atoms with Crippen LogP contribution in [0.1, 0.15) is 18.9 Å². The van der Waals surface area contributed by atoms with E-state index in [1.165, 1.54) is 23.9 Å². The predicted molar refractivity (Wildman–Crippen MR) is 117 cm³/mol. The second kappa shape index (κ2) is 8.61. The van der Waals surface area contributed by atoms with Gasteiger partial charge in [0.05, 0.1) is 10.2 Å². The maximum Gasteiger partial charge on any atom is 0.223 e. The molecule has 7 heteroatoms. The fourth-order valence-corrected chi connectivity index (χ4v) is 4.57. The Labute approximate surface area is 174 Å². The van der Waals surface area contributed by atoms with Crippen LogP contribution in [0.15, 0.2) is 48.5 Å². The summed E-state index contributed by atoms with van der Waals surface area (Å²) in [5, 5.41) is 3.33. The van der Waals surface area contributed by atoms with Crippen LogP contribution in [0.25, 0.3) is 10.2 Å². The summed E-state index contributed by atoms with van der Waals surface area (Å²) < 4.78 is 1.02. The van der Waals surface area contributed by atoms with Crippen molar-refractivity contribution < 1.29 is 9.59 Å². The van der Waals surface area contributed by atoms with Crippen LogP contribution in [0.4, 0.5) is 10.8 Å². The minimum atomic E-state index is -0.123. The lowest BCUT2D eigenvalue weighted by Crippen LogP contribution is -2.48. The molecule has 1 saturated heterocycles. The summed E-state index contributed by atoms with van der Waals surface area (Å²) in [6.45, 7) is 4.75. The molecular formula is C22H24N4O2S. The summed E-state index contributed by atoms with van der Waals surface area (Å²) in [6, 6.07) is 16.4. The number of piperazine rings is 1. The molecule has 1 aromatic heterocycles. The molecule has 0 radical (unpaired) electrons. The molecule has 1 N–H and O–H groups in total. The number of benzene rings is 2. The van der Waals surface area contributed by atoms with Crippen molar-refractivity contribution in [3.8, 4) is 0 Å². The number of anilines is 2.